The molecule has 1 atom stereocenters. The number of benzene rings is 2. The highest BCUT2D eigenvalue weighted by Gasteiger charge is 2.36. The molecule has 1 fully saturated rings. The van der Waals surface area contributed by atoms with Crippen LogP contribution in [0.25, 0.3) is 11.3 Å². The van der Waals surface area contributed by atoms with Crippen LogP contribution in [0.15, 0.2) is 65.1 Å². The normalized spacial score (nSPS) is 17.8. The molecule has 1 aliphatic rings. The fourth-order valence-corrected chi connectivity index (χ4v) is 5.73. The van der Waals surface area contributed by atoms with Crippen molar-refractivity contribution in [2.24, 2.45) is 0 Å². The van der Waals surface area contributed by atoms with Crippen molar-refractivity contribution in [2.45, 2.75) is 25.2 Å². The Hall–Kier alpha value is -2.78. The maximum atomic E-state index is 13.2. The van der Waals surface area contributed by atoms with E-state index in [0.717, 1.165) is 12.1 Å². The molecule has 4 rings (SSSR count). The van der Waals surface area contributed by atoms with E-state index in [2.05, 4.69) is 0 Å². The number of sulfone groups is 1. The van der Waals surface area contributed by atoms with Gasteiger partial charge in [0.2, 0.25) is 0 Å². The Kier molecular flexibility index (Phi) is 6.28. The van der Waals surface area contributed by atoms with E-state index >= 15 is 0 Å². The lowest BCUT2D eigenvalue weighted by Gasteiger charge is -2.27. The zero-order valence-corrected chi connectivity index (χ0v) is 18.8. The Morgan fingerprint density at radius 2 is 1.85 bits per heavy atom. The largest absolute Gasteiger partial charge is 0.459 e. The Bertz CT molecular complexity index is 1290. The Balaban J connectivity index is 1.62. The molecule has 1 unspecified atom stereocenters. The molecule has 2 heterocycles. The first kappa shape index (κ1) is 23.4. The summed E-state index contributed by atoms with van der Waals surface area (Å²) < 4.78 is 69.0. The summed E-state index contributed by atoms with van der Waals surface area (Å²) >= 11 is 6.01. The molecule has 0 bridgehead atoms. The van der Waals surface area contributed by atoms with Gasteiger partial charge in [-0.15, -0.1) is 0 Å². The van der Waals surface area contributed by atoms with E-state index < -0.39 is 33.5 Å². The van der Waals surface area contributed by atoms with Crippen LogP contribution in [0.2, 0.25) is 5.02 Å². The van der Waals surface area contributed by atoms with Gasteiger partial charge in [-0.05, 0) is 48.9 Å². The summed E-state index contributed by atoms with van der Waals surface area (Å²) in [5.41, 5.74) is -0.254. The van der Waals surface area contributed by atoms with E-state index in [-0.39, 0.29) is 35.8 Å². The van der Waals surface area contributed by atoms with Crippen LogP contribution >= 0.6 is 11.6 Å². The molecule has 0 spiro atoms. The Labute approximate surface area is 193 Å². The predicted molar refractivity (Wildman–Crippen MR) is 118 cm³/mol. The number of nitrogens with zero attached hydrogens (tertiary/aromatic N) is 1. The van der Waals surface area contributed by atoms with Crippen LogP contribution in [0.3, 0.4) is 0 Å². The monoisotopic (exact) mass is 497 g/mol. The molecule has 1 aromatic heterocycles. The van der Waals surface area contributed by atoms with E-state index in [1.54, 1.807) is 24.3 Å². The average molecular weight is 498 g/mol. The molecule has 174 valence electrons. The van der Waals surface area contributed by atoms with E-state index in [9.17, 15) is 26.4 Å². The predicted octanol–water partition coefficient (Wildman–Crippen LogP) is 5.45. The molecule has 0 saturated carbocycles. The van der Waals surface area contributed by atoms with Crippen molar-refractivity contribution >= 4 is 27.3 Å². The zero-order valence-electron chi connectivity index (χ0n) is 17.2. The topological polar surface area (TPSA) is 67.6 Å². The van der Waals surface area contributed by atoms with Gasteiger partial charge in [0.25, 0.3) is 5.91 Å². The molecular formula is C23H19ClF3NO4S. The van der Waals surface area contributed by atoms with Crippen molar-refractivity contribution < 1.29 is 30.8 Å². The van der Waals surface area contributed by atoms with E-state index in [1.807, 2.05) is 0 Å². The van der Waals surface area contributed by atoms with Gasteiger partial charge in [0, 0.05) is 22.2 Å². The number of halogens is 4. The number of furan rings is 1. The summed E-state index contributed by atoms with van der Waals surface area (Å²) in [6.07, 6.45) is -4.20. The van der Waals surface area contributed by atoms with Gasteiger partial charge < -0.3 is 9.32 Å². The van der Waals surface area contributed by atoms with Gasteiger partial charge in [-0.2, -0.15) is 13.2 Å². The van der Waals surface area contributed by atoms with Gasteiger partial charge >= 0.3 is 6.18 Å². The quantitative estimate of drug-likeness (QED) is 0.470. The smallest absolute Gasteiger partial charge is 0.416 e. The van der Waals surface area contributed by atoms with Crippen LogP contribution in [0.4, 0.5) is 13.2 Å². The first-order chi connectivity index (χ1) is 15.5. The summed E-state index contributed by atoms with van der Waals surface area (Å²) in [5.74, 6) is -0.0606. The number of hydrogen-bond donors (Lipinski definition) is 0. The van der Waals surface area contributed by atoms with E-state index in [4.69, 9.17) is 16.0 Å². The van der Waals surface area contributed by atoms with Crippen molar-refractivity contribution in [3.8, 4) is 11.3 Å². The number of alkyl halides is 3. The van der Waals surface area contributed by atoms with Crippen molar-refractivity contribution in [3.05, 3.63) is 82.6 Å². The van der Waals surface area contributed by atoms with Crippen molar-refractivity contribution in [1.29, 1.82) is 0 Å². The Morgan fingerprint density at radius 3 is 2.52 bits per heavy atom. The molecule has 0 aliphatic carbocycles. The second-order valence-corrected chi connectivity index (χ2v) is 10.5. The molecule has 5 nitrogen and oxygen atoms in total. The third-order valence-corrected chi connectivity index (χ3v) is 7.43. The van der Waals surface area contributed by atoms with E-state index in [0.29, 0.717) is 16.3 Å². The fourth-order valence-electron chi connectivity index (χ4n) is 3.81. The number of amides is 1. The van der Waals surface area contributed by atoms with Crippen LogP contribution in [0, 0.1) is 0 Å². The van der Waals surface area contributed by atoms with Gasteiger partial charge in [0.15, 0.2) is 9.84 Å². The molecular weight excluding hydrogens is 479 g/mol. The molecule has 2 aromatic carbocycles. The fraction of sp³-hybridized carbons (Fsp3) is 0.261. The van der Waals surface area contributed by atoms with Gasteiger partial charge in [0.05, 0.1) is 23.6 Å². The SMILES string of the molecule is O=C(c1cccc(Cl)c1)N(Cc1ccc(-c2cccc(C(F)(F)F)c2)o1)C1CCS(=O)(=O)C1. The minimum Gasteiger partial charge on any atom is -0.459 e. The average Bonchev–Trinajstić information content (AvgIpc) is 3.37. The van der Waals surface area contributed by atoms with Crippen molar-refractivity contribution in [1.82, 2.24) is 4.90 Å². The first-order valence-electron chi connectivity index (χ1n) is 10.1. The highest BCUT2D eigenvalue weighted by atomic mass is 35.5. The molecule has 1 aliphatic heterocycles. The molecule has 0 N–H and O–H groups in total. The highest BCUT2D eigenvalue weighted by molar-refractivity contribution is 7.91. The molecule has 1 amide bonds. The summed E-state index contributed by atoms with van der Waals surface area (Å²) in [7, 11) is -3.27. The number of carbonyl (C=O) groups is 1. The van der Waals surface area contributed by atoms with Crippen LogP contribution < -0.4 is 0 Å². The van der Waals surface area contributed by atoms with Crippen molar-refractivity contribution in [2.75, 3.05) is 11.5 Å². The number of hydrogen-bond acceptors (Lipinski definition) is 4. The second-order valence-electron chi connectivity index (χ2n) is 7.84. The molecule has 1 saturated heterocycles. The maximum Gasteiger partial charge on any atom is 0.416 e. The minimum absolute atomic E-state index is 0.0232. The third kappa shape index (κ3) is 5.42. The lowest BCUT2D eigenvalue weighted by atomic mass is 10.1. The summed E-state index contributed by atoms with van der Waals surface area (Å²) in [6.45, 7) is -0.0372. The van der Waals surface area contributed by atoms with Crippen LogP contribution in [-0.4, -0.2) is 36.8 Å². The van der Waals surface area contributed by atoms with Crippen LogP contribution in [0.5, 0.6) is 0 Å². The third-order valence-electron chi connectivity index (χ3n) is 5.44. The molecule has 33 heavy (non-hydrogen) atoms. The first-order valence-corrected chi connectivity index (χ1v) is 12.2. The summed E-state index contributed by atoms with van der Waals surface area (Å²) in [4.78, 5) is 14.7. The highest BCUT2D eigenvalue weighted by Crippen LogP contribution is 2.33. The van der Waals surface area contributed by atoms with Crippen molar-refractivity contribution in [3.63, 3.8) is 0 Å². The van der Waals surface area contributed by atoms with Crippen LogP contribution in [-0.2, 0) is 22.6 Å². The van der Waals surface area contributed by atoms with Crippen LogP contribution in [0.1, 0.15) is 28.1 Å². The molecule has 0 radical (unpaired) electrons. The van der Waals surface area contributed by atoms with Gasteiger partial charge in [-0.3, -0.25) is 4.79 Å². The maximum absolute atomic E-state index is 13.2. The minimum atomic E-state index is -4.49. The van der Waals surface area contributed by atoms with Gasteiger partial charge in [0.1, 0.15) is 11.5 Å². The summed E-state index contributed by atoms with van der Waals surface area (Å²) in [6, 6.07) is 13.6. The molecule has 10 heteroatoms. The Morgan fingerprint density at radius 1 is 1.09 bits per heavy atom. The lowest BCUT2D eigenvalue weighted by molar-refractivity contribution is -0.137. The zero-order chi connectivity index (χ0) is 23.8. The summed E-state index contributed by atoms with van der Waals surface area (Å²) in [5, 5.41) is 0.365. The molecule has 3 aromatic rings. The van der Waals surface area contributed by atoms with Gasteiger partial charge in [-0.25, -0.2) is 8.42 Å². The van der Waals surface area contributed by atoms with Gasteiger partial charge in [-0.1, -0.05) is 29.8 Å². The number of carbonyl (C=O) groups excluding carboxylic acids is 1. The second kappa shape index (κ2) is 8.87. The number of rotatable bonds is 5. The van der Waals surface area contributed by atoms with E-state index in [1.165, 1.54) is 29.2 Å². The lowest BCUT2D eigenvalue weighted by Crippen LogP contribution is -2.40. The standard InChI is InChI=1S/C23H19ClF3NO4S/c24-18-6-2-4-16(12-18)22(29)28(19-9-10-33(30,31)14-19)13-20-7-8-21(32-20)15-3-1-5-17(11-15)23(25,26)27/h1-8,11-12,19H,9-10,13-14H2.